The number of hydrazine groups is 1. The zero-order valence-corrected chi connectivity index (χ0v) is 16.2. The quantitative estimate of drug-likeness (QED) is 0.0853. The van der Waals surface area contributed by atoms with Gasteiger partial charge in [-0.2, -0.15) is 12.6 Å². The summed E-state index contributed by atoms with van der Waals surface area (Å²) in [7, 11) is 0. The number of carbonyl (C=O) groups excluding carboxylic acids is 3. The van der Waals surface area contributed by atoms with E-state index in [1.54, 1.807) is 12.4 Å². The Hall–Kier alpha value is -1.78. The van der Waals surface area contributed by atoms with Crippen LogP contribution in [0.15, 0.2) is 12.4 Å². The van der Waals surface area contributed by atoms with Crippen LogP contribution in [0.4, 0.5) is 0 Å². The highest BCUT2D eigenvalue weighted by Gasteiger charge is 2.38. The third-order valence-electron chi connectivity index (χ3n) is 4.99. The molecular weight excluding hydrogens is 370 g/mol. The average molecular weight is 400 g/mol. The molecule has 152 valence electrons. The van der Waals surface area contributed by atoms with Crippen LogP contribution in [0.5, 0.6) is 0 Å². The standard InChI is InChI=1S/C17H29N5O4S/c18-21(7-8-23)6-5-19-11-20-16(25)13-3-1-12(2-4-13)10-22-15(24)9-14(27)17(22)26/h5-6,12-14,19,23,27H,1-4,7-11,18H2,(H,20,25)/b6-5-. The van der Waals surface area contributed by atoms with Crippen molar-refractivity contribution in [1.82, 2.24) is 20.5 Å². The molecule has 5 N–H and O–H groups in total. The summed E-state index contributed by atoms with van der Waals surface area (Å²) < 4.78 is 0. The van der Waals surface area contributed by atoms with Gasteiger partial charge in [0.2, 0.25) is 17.7 Å². The second-order valence-electron chi connectivity index (χ2n) is 6.98. The monoisotopic (exact) mass is 399 g/mol. The molecule has 1 heterocycles. The molecule has 1 atom stereocenters. The molecule has 0 aromatic heterocycles. The molecule has 1 unspecified atom stereocenters. The first-order chi connectivity index (χ1) is 12.9. The smallest absolute Gasteiger partial charge is 0.242 e. The molecule has 27 heavy (non-hydrogen) atoms. The summed E-state index contributed by atoms with van der Waals surface area (Å²) in [5, 5.41) is 15.3. The Labute approximate surface area is 164 Å². The minimum absolute atomic E-state index is 0.00180. The highest BCUT2D eigenvalue weighted by molar-refractivity contribution is 7.81. The van der Waals surface area contributed by atoms with Crippen LogP contribution in [0.1, 0.15) is 32.1 Å². The number of amides is 3. The Balaban J connectivity index is 1.64. The normalized spacial score (nSPS) is 25.9. The van der Waals surface area contributed by atoms with E-state index < -0.39 is 5.25 Å². The molecule has 3 amide bonds. The second-order valence-corrected chi connectivity index (χ2v) is 7.60. The summed E-state index contributed by atoms with van der Waals surface area (Å²) in [6.07, 6.45) is 6.50. The molecule has 2 fully saturated rings. The van der Waals surface area contributed by atoms with Crippen molar-refractivity contribution >= 4 is 30.4 Å². The number of nitrogens with one attached hydrogen (secondary N) is 2. The zero-order valence-electron chi connectivity index (χ0n) is 15.3. The summed E-state index contributed by atoms with van der Waals surface area (Å²) >= 11 is 4.14. The topological polar surface area (TPSA) is 128 Å². The van der Waals surface area contributed by atoms with Crippen molar-refractivity contribution in [3.8, 4) is 0 Å². The van der Waals surface area contributed by atoms with Gasteiger partial charge in [0.1, 0.15) is 0 Å². The molecule has 0 spiro atoms. The van der Waals surface area contributed by atoms with E-state index in [9.17, 15) is 14.4 Å². The van der Waals surface area contributed by atoms with Crippen molar-refractivity contribution in [2.45, 2.75) is 37.4 Å². The van der Waals surface area contributed by atoms with Crippen LogP contribution < -0.4 is 16.5 Å². The Morgan fingerprint density at radius 1 is 1.33 bits per heavy atom. The highest BCUT2D eigenvalue weighted by atomic mass is 32.1. The fraction of sp³-hybridized carbons (Fsp3) is 0.706. The van der Waals surface area contributed by atoms with Crippen molar-refractivity contribution in [3.63, 3.8) is 0 Å². The predicted octanol–water partition coefficient (Wildman–Crippen LogP) is -0.847. The lowest BCUT2D eigenvalue weighted by molar-refractivity contribution is -0.139. The number of carbonyl (C=O) groups is 3. The van der Waals surface area contributed by atoms with Gasteiger partial charge < -0.3 is 20.7 Å². The average Bonchev–Trinajstić information content (AvgIpc) is 2.88. The SMILES string of the molecule is NN(/C=C\NCNC(=O)C1CCC(CN2C(=O)CC(S)C2=O)CC1)CCO. The number of nitrogens with zero attached hydrogens (tertiary/aromatic N) is 2. The van der Waals surface area contributed by atoms with Crippen molar-refractivity contribution in [2.24, 2.45) is 17.7 Å². The van der Waals surface area contributed by atoms with Gasteiger partial charge in [-0.15, -0.1) is 0 Å². The van der Waals surface area contributed by atoms with E-state index in [2.05, 4.69) is 23.3 Å². The molecule has 1 saturated heterocycles. The number of imide groups is 1. The number of aliphatic hydroxyl groups excluding tert-OH is 1. The van der Waals surface area contributed by atoms with Gasteiger partial charge in [-0.1, -0.05) is 0 Å². The lowest BCUT2D eigenvalue weighted by Gasteiger charge is -2.30. The van der Waals surface area contributed by atoms with Crippen LogP contribution in [0, 0.1) is 11.8 Å². The Bertz CT molecular complexity index is 566. The van der Waals surface area contributed by atoms with Crippen molar-refractivity contribution in [1.29, 1.82) is 0 Å². The molecule has 2 rings (SSSR count). The van der Waals surface area contributed by atoms with Gasteiger partial charge in [0.15, 0.2) is 0 Å². The van der Waals surface area contributed by atoms with E-state index in [1.807, 2.05) is 0 Å². The molecule has 2 aliphatic rings. The molecule has 0 radical (unpaired) electrons. The minimum Gasteiger partial charge on any atom is -0.394 e. The molecule has 0 bridgehead atoms. The van der Waals surface area contributed by atoms with Crippen molar-refractivity contribution < 1.29 is 19.5 Å². The Kier molecular flexibility index (Phi) is 8.39. The van der Waals surface area contributed by atoms with Crippen LogP contribution in [0.3, 0.4) is 0 Å². The predicted molar refractivity (Wildman–Crippen MR) is 103 cm³/mol. The van der Waals surface area contributed by atoms with Gasteiger partial charge >= 0.3 is 0 Å². The fourth-order valence-electron chi connectivity index (χ4n) is 3.40. The molecule has 1 saturated carbocycles. The maximum absolute atomic E-state index is 12.2. The highest BCUT2D eigenvalue weighted by Crippen LogP contribution is 2.31. The minimum atomic E-state index is -0.504. The van der Waals surface area contributed by atoms with E-state index >= 15 is 0 Å². The maximum Gasteiger partial charge on any atom is 0.242 e. The molecule has 1 aliphatic carbocycles. The molecule has 10 heteroatoms. The largest absolute Gasteiger partial charge is 0.394 e. The number of hydrogen-bond acceptors (Lipinski definition) is 8. The third kappa shape index (κ3) is 6.40. The number of nitrogens with two attached hydrogens (primary N) is 1. The molecular formula is C17H29N5O4S. The number of aliphatic hydroxyl groups is 1. The Morgan fingerprint density at radius 3 is 2.63 bits per heavy atom. The lowest BCUT2D eigenvalue weighted by atomic mass is 9.81. The number of thiol groups is 1. The van der Waals surface area contributed by atoms with Crippen molar-refractivity contribution in [3.05, 3.63) is 12.4 Å². The summed E-state index contributed by atoms with van der Waals surface area (Å²) in [4.78, 5) is 37.3. The summed E-state index contributed by atoms with van der Waals surface area (Å²) in [5.74, 6) is 5.41. The van der Waals surface area contributed by atoms with E-state index in [4.69, 9.17) is 10.9 Å². The van der Waals surface area contributed by atoms with Crippen LogP contribution in [-0.4, -0.2) is 64.4 Å². The van der Waals surface area contributed by atoms with Crippen LogP contribution >= 0.6 is 12.6 Å². The first kappa shape index (κ1) is 21.5. The number of hydrogen-bond donors (Lipinski definition) is 5. The third-order valence-corrected chi connectivity index (χ3v) is 5.39. The van der Waals surface area contributed by atoms with Gasteiger partial charge in [0, 0.05) is 31.3 Å². The first-order valence-corrected chi connectivity index (χ1v) is 9.76. The fourth-order valence-corrected chi connectivity index (χ4v) is 3.70. The van der Waals surface area contributed by atoms with Gasteiger partial charge in [0.05, 0.1) is 25.1 Å². The molecule has 1 aliphatic heterocycles. The van der Waals surface area contributed by atoms with Gasteiger partial charge in [-0.3, -0.25) is 19.3 Å². The summed E-state index contributed by atoms with van der Waals surface area (Å²) in [6.45, 7) is 1.04. The van der Waals surface area contributed by atoms with Crippen LogP contribution in [-0.2, 0) is 14.4 Å². The molecule has 0 aromatic rings. The van der Waals surface area contributed by atoms with E-state index in [0.717, 1.165) is 25.7 Å². The number of likely N-dealkylation sites (tertiary alicyclic amines) is 1. The summed E-state index contributed by atoms with van der Waals surface area (Å²) in [6, 6.07) is 0. The first-order valence-electron chi connectivity index (χ1n) is 9.24. The second kappa shape index (κ2) is 10.5. The maximum atomic E-state index is 12.2. The molecule has 0 aromatic carbocycles. The van der Waals surface area contributed by atoms with E-state index in [0.29, 0.717) is 19.8 Å². The Morgan fingerprint density at radius 2 is 2.04 bits per heavy atom. The number of rotatable bonds is 9. The van der Waals surface area contributed by atoms with Gasteiger partial charge in [-0.05, 0) is 31.6 Å². The molecule has 9 nitrogen and oxygen atoms in total. The summed E-state index contributed by atoms with van der Waals surface area (Å²) in [5.41, 5.74) is 0. The van der Waals surface area contributed by atoms with E-state index in [1.165, 1.54) is 9.91 Å². The van der Waals surface area contributed by atoms with Crippen molar-refractivity contribution in [2.75, 3.05) is 26.4 Å². The lowest BCUT2D eigenvalue weighted by Crippen LogP contribution is -2.40. The van der Waals surface area contributed by atoms with Crippen LogP contribution in [0.2, 0.25) is 0 Å². The zero-order chi connectivity index (χ0) is 19.8. The van der Waals surface area contributed by atoms with Gasteiger partial charge in [-0.25, -0.2) is 5.84 Å². The van der Waals surface area contributed by atoms with Crippen LogP contribution in [0.25, 0.3) is 0 Å². The van der Waals surface area contributed by atoms with E-state index in [-0.39, 0.29) is 42.6 Å². The van der Waals surface area contributed by atoms with Gasteiger partial charge in [0.25, 0.3) is 0 Å².